The van der Waals surface area contributed by atoms with Gasteiger partial charge >= 0.3 is 71.1 Å². The summed E-state index contributed by atoms with van der Waals surface area (Å²) in [5.41, 5.74) is 0.0523. The molecule has 16 heavy (non-hydrogen) atoms. The number of phenolic OH excluding ortho intramolecular Hbond substituents is 1. The topological polar surface area (TPSA) is 94.8 Å². The van der Waals surface area contributed by atoms with Gasteiger partial charge in [-0.3, -0.25) is 4.79 Å². The summed E-state index contributed by atoms with van der Waals surface area (Å²) in [6.07, 6.45) is -0.396. The molecule has 0 unspecified atom stereocenters. The zero-order valence-corrected chi connectivity index (χ0v) is 7.10. The number of aromatic carboxylic acids is 1. The van der Waals surface area contributed by atoms with Crippen molar-refractivity contribution < 1.29 is 24.9 Å². The third-order valence-electron chi connectivity index (χ3n) is 1.67. The Morgan fingerprint density at radius 2 is 1.69 bits per heavy atom. The van der Waals surface area contributed by atoms with Gasteiger partial charge in [0.2, 0.25) is 0 Å². The van der Waals surface area contributed by atoms with Crippen LogP contribution in [-0.4, -0.2) is 86.4 Å². The van der Waals surface area contributed by atoms with E-state index < -0.39 is 18.4 Å². The minimum atomic E-state index is -1.16. The molecule has 78 valence electrons. The summed E-state index contributed by atoms with van der Waals surface area (Å²) in [4.78, 5) is 20.9. The van der Waals surface area contributed by atoms with E-state index in [1.807, 2.05) is 0 Å². The van der Waals surface area contributed by atoms with Gasteiger partial charge in [-0.1, -0.05) is 0 Å². The van der Waals surface area contributed by atoms with Crippen molar-refractivity contribution in [2.24, 2.45) is 0 Å². The molecule has 0 spiro atoms. The van der Waals surface area contributed by atoms with E-state index in [2.05, 4.69) is 0 Å². The molecule has 0 bridgehead atoms. The number of aromatic hydroxyl groups is 1. The molecule has 1 rings (SSSR count). The van der Waals surface area contributed by atoms with Crippen LogP contribution < -0.4 is 0 Å². The molecule has 1 aromatic carbocycles. The molecule has 0 aliphatic carbocycles. The molecule has 0 heterocycles. The van der Waals surface area contributed by atoms with Crippen LogP contribution in [0.2, 0.25) is 0 Å². The molecule has 0 radical (unpaired) electrons. The van der Waals surface area contributed by atoms with Gasteiger partial charge < -0.3 is 15.3 Å². The normalized spacial score (nSPS) is 8.50. The Balaban J connectivity index is 0. The third-order valence-corrected chi connectivity index (χ3v) is 1.67. The number of aliphatic carboxylic acids is 1. The van der Waals surface area contributed by atoms with Crippen LogP contribution in [0.4, 0.5) is 0 Å². The van der Waals surface area contributed by atoms with Gasteiger partial charge in [0, 0.05) is 5.56 Å². The molecule has 1 aromatic rings. The first-order valence-corrected chi connectivity index (χ1v) is 3.77. The van der Waals surface area contributed by atoms with Gasteiger partial charge in [-0.25, -0.2) is 4.79 Å². The van der Waals surface area contributed by atoms with Crippen LogP contribution in [0.5, 0.6) is 5.75 Å². The van der Waals surface area contributed by atoms with Crippen molar-refractivity contribution in [2.45, 2.75) is 6.42 Å². The van der Waals surface area contributed by atoms with E-state index >= 15 is 0 Å². The number of carbonyl (C=O) groups is 2. The van der Waals surface area contributed by atoms with Crippen molar-refractivity contribution in [3.05, 3.63) is 29.3 Å². The van der Waals surface area contributed by atoms with Gasteiger partial charge in [-0.15, -0.1) is 0 Å². The average Bonchev–Trinajstić information content (AvgIpc) is 2.07. The molecule has 0 amide bonds. The predicted molar refractivity (Wildman–Crippen MR) is 60.7 cm³/mol. The zero-order valence-electron chi connectivity index (χ0n) is 7.10. The number of rotatable bonds is 3. The summed E-state index contributed by atoms with van der Waals surface area (Å²) in [5, 5.41) is 26.3. The van der Waals surface area contributed by atoms with E-state index in [9.17, 15) is 14.7 Å². The second-order valence-corrected chi connectivity index (χ2v) is 2.72. The number of hydrogen-bond acceptors (Lipinski definition) is 3. The summed E-state index contributed by atoms with van der Waals surface area (Å²) >= 11 is 0. The van der Waals surface area contributed by atoms with E-state index in [1.165, 1.54) is 12.1 Å². The summed E-state index contributed by atoms with van der Waals surface area (Å²) < 4.78 is 0. The van der Waals surface area contributed by atoms with Gasteiger partial charge in [0.1, 0.15) is 5.75 Å². The fourth-order valence-corrected chi connectivity index (χ4v) is 1.02. The van der Waals surface area contributed by atoms with E-state index in [4.69, 9.17) is 10.2 Å². The predicted octanol–water partition coefficient (Wildman–Crippen LogP) is -0.580. The van der Waals surface area contributed by atoms with Gasteiger partial charge in [0.15, 0.2) is 0 Å². The monoisotopic (exact) mass is 244 g/mol. The van der Waals surface area contributed by atoms with Crippen LogP contribution in [0.25, 0.3) is 0 Å². The Morgan fingerprint density at radius 1 is 1.12 bits per heavy atom. The molecule has 0 aromatic heterocycles. The number of carboxylic acids is 2. The van der Waals surface area contributed by atoms with Crippen molar-refractivity contribution in [1.82, 2.24) is 0 Å². The second-order valence-electron chi connectivity index (χ2n) is 2.72. The molecule has 0 aliphatic heterocycles. The Morgan fingerprint density at radius 3 is 2.12 bits per heavy atom. The Bertz CT molecular complexity index is 391. The first-order chi connectivity index (χ1) is 6.50. The Kier molecular flexibility index (Phi) is 9.29. The summed E-state index contributed by atoms with van der Waals surface area (Å²) in [5.74, 6) is -2.49. The van der Waals surface area contributed by atoms with Crippen LogP contribution >= 0.6 is 0 Å². The van der Waals surface area contributed by atoms with E-state index in [0.29, 0.717) is 0 Å². The quantitative estimate of drug-likeness (QED) is 0.618. The molecule has 0 atom stereocenters. The summed E-state index contributed by atoms with van der Waals surface area (Å²) in [7, 11) is 0. The fraction of sp³-hybridized carbons (Fsp3) is 0.111. The molecule has 0 saturated carbocycles. The molecule has 0 fully saturated rings. The van der Waals surface area contributed by atoms with Crippen LogP contribution in [0.15, 0.2) is 18.2 Å². The number of carboxylic acid groups (broad SMARTS) is 2. The third kappa shape index (κ3) is 5.34. The number of hydrogen-bond donors (Lipinski definition) is 3. The first kappa shape index (κ1) is 18.3. The molecular weight excluding hydrogens is 234 g/mol. The van der Waals surface area contributed by atoms with Gasteiger partial charge in [-0.2, -0.15) is 0 Å². The van der Waals surface area contributed by atoms with Gasteiger partial charge in [0.25, 0.3) is 0 Å². The zero-order chi connectivity index (χ0) is 10.7. The maximum atomic E-state index is 10.5. The van der Waals surface area contributed by atoms with Crippen LogP contribution in [-0.2, 0) is 11.2 Å². The van der Waals surface area contributed by atoms with Crippen molar-refractivity contribution in [1.29, 1.82) is 0 Å². The van der Waals surface area contributed by atoms with E-state index in [0.717, 1.165) is 6.07 Å². The van der Waals surface area contributed by atoms with Gasteiger partial charge in [-0.05, 0) is 18.2 Å². The SMILES string of the molecule is O=C(O)Cc1cc(C(=O)O)ccc1O.[NaH].[NaH]. The van der Waals surface area contributed by atoms with E-state index in [-0.39, 0.29) is 76.0 Å². The minimum absolute atomic E-state index is 0. The van der Waals surface area contributed by atoms with E-state index in [1.54, 1.807) is 0 Å². The molecule has 0 saturated heterocycles. The van der Waals surface area contributed by atoms with Crippen molar-refractivity contribution in [3.63, 3.8) is 0 Å². The Hall–Kier alpha value is -0.0400. The van der Waals surface area contributed by atoms with Crippen LogP contribution in [0.3, 0.4) is 0 Å². The standard InChI is InChI=1S/C9H8O5.2Na.2H/c10-7-2-1-5(9(13)14)3-6(7)4-8(11)12;;;;/h1-3,10H,4H2,(H,11,12)(H,13,14);;;;. The second kappa shape index (κ2) is 8.11. The molecular formula is C9H10Na2O5. The number of benzene rings is 1. The maximum absolute atomic E-state index is 10.5. The van der Waals surface area contributed by atoms with Gasteiger partial charge in [0.05, 0.1) is 12.0 Å². The van der Waals surface area contributed by atoms with Crippen molar-refractivity contribution in [2.75, 3.05) is 0 Å². The molecule has 5 nitrogen and oxygen atoms in total. The summed E-state index contributed by atoms with van der Waals surface area (Å²) in [6.45, 7) is 0. The molecule has 7 heteroatoms. The van der Waals surface area contributed by atoms with Crippen LogP contribution in [0.1, 0.15) is 15.9 Å². The molecule has 3 N–H and O–H groups in total. The fourth-order valence-electron chi connectivity index (χ4n) is 1.02. The van der Waals surface area contributed by atoms with Crippen molar-refractivity contribution in [3.8, 4) is 5.75 Å². The molecule has 0 aliphatic rings. The average molecular weight is 244 g/mol. The summed E-state index contributed by atoms with van der Waals surface area (Å²) in [6, 6.07) is 3.52. The number of phenols is 1. The Labute approximate surface area is 136 Å². The van der Waals surface area contributed by atoms with Crippen LogP contribution in [0, 0.1) is 0 Å². The first-order valence-electron chi connectivity index (χ1n) is 3.77. The van der Waals surface area contributed by atoms with Crippen molar-refractivity contribution >= 4 is 71.1 Å².